The van der Waals surface area contributed by atoms with Gasteiger partial charge in [0.05, 0.1) is 7.85 Å². The maximum atomic E-state index is 5.47. The second-order valence-corrected chi connectivity index (χ2v) is 1.75. The second kappa shape index (κ2) is 1.65. The standard InChI is InChI=1S/C4H8BN/c5-4-1-2-6-3-4/h4,6H,1-3H2/t4-/m0/s1. The van der Waals surface area contributed by atoms with Crippen molar-refractivity contribution in [2.24, 2.45) is 0 Å². The van der Waals surface area contributed by atoms with Crippen molar-refractivity contribution in [3.05, 3.63) is 0 Å². The Morgan fingerprint density at radius 2 is 2.50 bits per heavy atom. The van der Waals surface area contributed by atoms with Gasteiger partial charge in [0, 0.05) is 0 Å². The van der Waals surface area contributed by atoms with Gasteiger partial charge in [-0.05, 0) is 19.5 Å². The van der Waals surface area contributed by atoms with E-state index in [4.69, 9.17) is 7.85 Å². The monoisotopic (exact) mass is 81.1 g/mol. The number of hydrogen-bond donors (Lipinski definition) is 1. The van der Waals surface area contributed by atoms with E-state index < -0.39 is 0 Å². The first kappa shape index (κ1) is 4.19. The highest BCUT2D eigenvalue weighted by Crippen LogP contribution is 2.06. The highest BCUT2D eigenvalue weighted by atomic mass is 14.9. The van der Waals surface area contributed by atoms with Crippen LogP contribution >= 0.6 is 0 Å². The van der Waals surface area contributed by atoms with Crippen molar-refractivity contribution in [3.63, 3.8) is 0 Å². The van der Waals surface area contributed by atoms with Crippen molar-refractivity contribution in [2.75, 3.05) is 13.1 Å². The van der Waals surface area contributed by atoms with Crippen LogP contribution in [0.1, 0.15) is 6.42 Å². The van der Waals surface area contributed by atoms with Crippen LogP contribution in [0.25, 0.3) is 0 Å². The minimum atomic E-state index is 0.435. The molecule has 0 amide bonds. The minimum Gasteiger partial charge on any atom is -0.317 e. The zero-order valence-corrected chi connectivity index (χ0v) is 3.78. The third kappa shape index (κ3) is 0.746. The molecule has 0 unspecified atom stereocenters. The Kier molecular flexibility index (Phi) is 1.15. The van der Waals surface area contributed by atoms with E-state index in [1.165, 1.54) is 0 Å². The number of nitrogens with one attached hydrogen (secondary N) is 1. The van der Waals surface area contributed by atoms with Gasteiger partial charge >= 0.3 is 0 Å². The van der Waals surface area contributed by atoms with Gasteiger partial charge < -0.3 is 5.32 Å². The van der Waals surface area contributed by atoms with Crippen molar-refractivity contribution in [2.45, 2.75) is 12.2 Å². The molecular formula is C4H8BN. The summed E-state index contributed by atoms with van der Waals surface area (Å²) in [5.41, 5.74) is 0. The fraction of sp³-hybridized carbons (Fsp3) is 1.00. The van der Waals surface area contributed by atoms with Crippen LogP contribution in [0.15, 0.2) is 0 Å². The third-order valence-corrected chi connectivity index (χ3v) is 1.10. The molecule has 1 atom stereocenters. The fourth-order valence-corrected chi connectivity index (χ4v) is 0.677. The second-order valence-electron chi connectivity index (χ2n) is 1.75. The van der Waals surface area contributed by atoms with Gasteiger partial charge in [0.25, 0.3) is 0 Å². The molecule has 2 radical (unpaired) electrons. The molecule has 1 nitrogen and oxygen atoms in total. The summed E-state index contributed by atoms with van der Waals surface area (Å²) in [6, 6.07) is 0. The summed E-state index contributed by atoms with van der Waals surface area (Å²) in [5.74, 6) is 0.435. The van der Waals surface area contributed by atoms with E-state index in [-0.39, 0.29) is 0 Å². The first-order valence-corrected chi connectivity index (χ1v) is 2.36. The van der Waals surface area contributed by atoms with Crippen molar-refractivity contribution in [3.8, 4) is 0 Å². The summed E-state index contributed by atoms with van der Waals surface area (Å²) in [7, 11) is 5.47. The molecule has 0 spiro atoms. The highest BCUT2D eigenvalue weighted by molar-refractivity contribution is 6.11. The smallest absolute Gasteiger partial charge is 0.0717 e. The van der Waals surface area contributed by atoms with Crippen LogP contribution in [0.2, 0.25) is 5.82 Å². The maximum Gasteiger partial charge on any atom is 0.0717 e. The molecule has 1 aliphatic heterocycles. The van der Waals surface area contributed by atoms with Crippen LogP contribution in [0.4, 0.5) is 0 Å². The number of hydrogen-bond acceptors (Lipinski definition) is 1. The summed E-state index contributed by atoms with van der Waals surface area (Å²) in [6.45, 7) is 2.13. The van der Waals surface area contributed by atoms with Gasteiger partial charge in [0.1, 0.15) is 0 Å². The zero-order chi connectivity index (χ0) is 4.41. The van der Waals surface area contributed by atoms with E-state index in [0.29, 0.717) is 5.82 Å². The van der Waals surface area contributed by atoms with Crippen LogP contribution in [0.3, 0.4) is 0 Å². The van der Waals surface area contributed by atoms with E-state index in [0.717, 1.165) is 19.5 Å². The van der Waals surface area contributed by atoms with E-state index in [1.807, 2.05) is 0 Å². The van der Waals surface area contributed by atoms with Gasteiger partial charge in [-0.15, -0.1) is 0 Å². The Hall–Kier alpha value is 0.0249. The number of rotatable bonds is 0. The zero-order valence-electron chi connectivity index (χ0n) is 3.78. The molecular weight excluding hydrogens is 72.9 g/mol. The largest absolute Gasteiger partial charge is 0.317 e. The first-order chi connectivity index (χ1) is 2.89. The molecule has 1 aliphatic rings. The summed E-state index contributed by atoms with van der Waals surface area (Å²) in [6.07, 6.45) is 1.15. The molecule has 0 aromatic heterocycles. The van der Waals surface area contributed by atoms with E-state index >= 15 is 0 Å². The summed E-state index contributed by atoms with van der Waals surface area (Å²) in [4.78, 5) is 0. The van der Waals surface area contributed by atoms with E-state index in [2.05, 4.69) is 5.32 Å². The summed E-state index contributed by atoms with van der Waals surface area (Å²) in [5, 5.41) is 3.15. The Balaban J connectivity index is 2.18. The Morgan fingerprint density at radius 3 is 2.67 bits per heavy atom. The van der Waals surface area contributed by atoms with Crippen LogP contribution in [-0.4, -0.2) is 20.9 Å². The van der Waals surface area contributed by atoms with Crippen LogP contribution < -0.4 is 5.32 Å². The van der Waals surface area contributed by atoms with Crippen LogP contribution in [0.5, 0.6) is 0 Å². The van der Waals surface area contributed by atoms with Crippen molar-refractivity contribution in [1.82, 2.24) is 5.32 Å². The predicted octanol–water partition coefficient (Wildman–Crippen LogP) is -0.0633. The minimum absolute atomic E-state index is 0.435. The molecule has 0 aromatic carbocycles. The van der Waals surface area contributed by atoms with E-state index in [1.54, 1.807) is 0 Å². The van der Waals surface area contributed by atoms with Gasteiger partial charge in [-0.1, -0.05) is 5.82 Å². The maximum absolute atomic E-state index is 5.47. The predicted molar refractivity (Wildman–Crippen MR) is 27.0 cm³/mol. The molecule has 0 saturated carbocycles. The normalized spacial score (nSPS) is 34.3. The highest BCUT2D eigenvalue weighted by Gasteiger charge is 2.05. The molecule has 1 N–H and O–H groups in total. The van der Waals surface area contributed by atoms with Gasteiger partial charge in [-0.25, -0.2) is 0 Å². The van der Waals surface area contributed by atoms with Gasteiger partial charge in [0.15, 0.2) is 0 Å². The topological polar surface area (TPSA) is 12.0 Å². The van der Waals surface area contributed by atoms with Crippen LogP contribution in [-0.2, 0) is 0 Å². The lowest BCUT2D eigenvalue weighted by atomic mass is 9.87. The molecule has 0 aliphatic carbocycles. The SMILES string of the molecule is [B][C@H]1CCNC1. The lowest BCUT2D eigenvalue weighted by molar-refractivity contribution is 0.856. The fourth-order valence-electron chi connectivity index (χ4n) is 0.677. The summed E-state index contributed by atoms with van der Waals surface area (Å²) >= 11 is 0. The lowest BCUT2D eigenvalue weighted by Crippen LogP contribution is -2.05. The van der Waals surface area contributed by atoms with Crippen molar-refractivity contribution in [1.29, 1.82) is 0 Å². The molecule has 0 bridgehead atoms. The molecule has 2 heteroatoms. The Labute approximate surface area is 39.5 Å². The van der Waals surface area contributed by atoms with Gasteiger partial charge in [0.2, 0.25) is 0 Å². The van der Waals surface area contributed by atoms with Gasteiger partial charge in [-0.3, -0.25) is 0 Å². The first-order valence-electron chi connectivity index (χ1n) is 2.36. The molecule has 1 saturated heterocycles. The third-order valence-electron chi connectivity index (χ3n) is 1.10. The molecule has 0 aromatic rings. The van der Waals surface area contributed by atoms with Gasteiger partial charge in [-0.2, -0.15) is 0 Å². The summed E-state index contributed by atoms with van der Waals surface area (Å²) < 4.78 is 0. The van der Waals surface area contributed by atoms with E-state index in [9.17, 15) is 0 Å². The molecule has 6 heavy (non-hydrogen) atoms. The molecule has 1 heterocycles. The average Bonchev–Trinajstić information content (AvgIpc) is 1.86. The Morgan fingerprint density at radius 1 is 1.67 bits per heavy atom. The molecule has 1 fully saturated rings. The Bertz CT molecular complexity index is 40.8. The van der Waals surface area contributed by atoms with Crippen molar-refractivity contribution < 1.29 is 0 Å². The average molecular weight is 80.9 g/mol. The molecule has 1 rings (SSSR count). The lowest BCUT2D eigenvalue weighted by Gasteiger charge is -1.90. The van der Waals surface area contributed by atoms with Crippen LogP contribution in [0, 0.1) is 0 Å². The van der Waals surface area contributed by atoms with Crippen molar-refractivity contribution >= 4 is 7.85 Å². The molecule has 32 valence electrons. The quantitative estimate of drug-likeness (QED) is 0.402.